The number of nitrogens with one attached hydrogen (secondary N) is 1. The fraction of sp³-hybridized carbons (Fsp3) is 0.562. The predicted octanol–water partition coefficient (Wildman–Crippen LogP) is 1.73. The van der Waals surface area contributed by atoms with Crippen LogP contribution >= 0.6 is 0 Å². The number of rotatable bonds is 9. The number of aromatic nitrogens is 2. The summed E-state index contributed by atoms with van der Waals surface area (Å²) in [6, 6.07) is 2.10. The maximum atomic E-state index is 11.9. The summed E-state index contributed by atoms with van der Waals surface area (Å²) >= 11 is 0. The van der Waals surface area contributed by atoms with Crippen molar-refractivity contribution in [2.45, 2.75) is 32.7 Å². The van der Waals surface area contributed by atoms with Crippen molar-refractivity contribution >= 4 is 11.7 Å². The number of aryl methyl sites for hydroxylation is 1. The predicted molar refractivity (Wildman–Crippen MR) is 86.6 cm³/mol. The Morgan fingerprint density at radius 3 is 2.96 bits per heavy atom. The Morgan fingerprint density at radius 2 is 2.26 bits per heavy atom. The third-order valence-corrected chi connectivity index (χ3v) is 3.76. The highest BCUT2D eigenvalue weighted by atomic mass is 16.5. The van der Waals surface area contributed by atoms with Gasteiger partial charge in [0.2, 0.25) is 5.91 Å². The topological polar surface area (TPSA) is 83.2 Å². The van der Waals surface area contributed by atoms with Crippen LogP contribution < -0.4 is 5.32 Å². The molecule has 1 amide bonds. The van der Waals surface area contributed by atoms with Gasteiger partial charge in [-0.2, -0.15) is 5.26 Å². The van der Waals surface area contributed by atoms with Gasteiger partial charge in [-0.15, -0.1) is 0 Å². The summed E-state index contributed by atoms with van der Waals surface area (Å²) in [6.45, 7) is 4.51. The largest absolute Gasteiger partial charge is 0.383 e. The lowest BCUT2D eigenvalue weighted by atomic mass is 10.2. The second kappa shape index (κ2) is 8.34. The number of hydrogen-bond donors (Lipinski definition) is 1. The Morgan fingerprint density at radius 1 is 1.43 bits per heavy atom. The number of ether oxygens (including phenoxy) is 1. The quantitative estimate of drug-likeness (QED) is 0.701. The molecular weight excluding hydrogens is 294 g/mol. The normalized spacial score (nSPS) is 14.0. The minimum atomic E-state index is -0.0416. The van der Waals surface area contributed by atoms with Crippen molar-refractivity contribution in [1.82, 2.24) is 14.5 Å². The second-order valence-electron chi connectivity index (χ2n) is 5.50. The number of nitriles is 1. The van der Waals surface area contributed by atoms with Crippen LogP contribution in [0.25, 0.3) is 0 Å². The third kappa shape index (κ3) is 4.33. The van der Waals surface area contributed by atoms with E-state index in [9.17, 15) is 10.1 Å². The van der Waals surface area contributed by atoms with Crippen LogP contribution in [-0.2, 0) is 16.1 Å². The lowest BCUT2D eigenvalue weighted by molar-refractivity contribution is -0.125. The van der Waals surface area contributed by atoms with E-state index in [0.29, 0.717) is 31.2 Å². The van der Waals surface area contributed by atoms with E-state index in [0.717, 1.165) is 31.5 Å². The maximum Gasteiger partial charge on any atom is 0.248 e. The summed E-state index contributed by atoms with van der Waals surface area (Å²) < 4.78 is 6.95. The minimum absolute atomic E-state index is 0.0416. The highest BCUT2D eigenvalue weighted by Gasteiger charge is 2.22. The first kappa shape index (κ1) is 17.0. The molecule has 0 saturated heterocycles. The summed E-state index contributed by atoms with van der Waals surface area (Å²) in [5.41, 5.74) is 1.13. The number of methoxy groups -OCH3 is 1. The lowest BCUT2D eigenvalue weighted by Crippen LogP contribution is -2.30. The summed E-state index contributed by atoms with van der Waals surface area (Å²) in [5, 5.41) is 12.4. The van der Waals surface area contributed by atoms with Gasteiger partial charge in [0.15, 0.2) is 5.69 Å². The molecule has 23 heavy (non-hydrogen) atoms. The van der Waals surface area contributed by atoms with Gasteiger partial charge in [-0.3, -0.25) is 4.79 Å². The summed E-state index contributed by atoms with van der Waals surface area (Å²) in [6.07, 6.45) is 6.54. The average molecular weight is 317 g/mol. The number of imidazole rings is 1. The van der Waals surface area contributed by atoms with Gasteiger partial charge in [-0.1, -0.05) is 19.8 Å². The molecular formula is C16H23N5O2. The van der Waals surface area contributed by atoms with Crippen LogP contribution in [0.2, 0.25) is 0 Å². The first-order chi connectivity index (χ1) is 11.2. The molecule has 0 fully saturated rings. The van der Waals surface area contributed by atoms with Crippen molar-refractivity contribution in [1.29, 1.82) is 5.26 Å². The number of unbranched alkanes of at least 4 members (excludes halogenated alkanes) is 2. The van der Waals surface area contributed by atoms with Crippen molar-refractivity contribution in [3.05, 3.63) is 23.8 Å². The van der Waals surface area contributed by atoms with Crippen molar-refractivity contribution in [3.63, 3.8) is 0 Å². The summed E-state index contributed by atoms with van der Waals surface area (Å²) in [4.78, 5) is 17.8. The monoisotopic (exact) mass is 317 g/mol. The Hall–Kier alpha value is -2.33. The number of carbonyl (C=O) groups is 1. The SMILES string of the molecule is CCCCCn1cnc(C#N)c1NC1=CC(=O)N(CCOC)C1. The summed E-state index contributed by atoms with van der Waals surface area (Å²) in [5.74, 6) is 0.622. The maximum absolute atomic E-state index is 11.9. The molecule has 0 spiro atoms. The van der Waals surface area contributed by atoms with Crippen LogP contribution in [0.3, 0.4) is 0 Å². The molecule has 1 aromatic heterocycles. The van der Waals surface area contributed by atoms with E-state index in [1.807, 2.05) is 4.57 Å². The molecule has 1 aromatic rings. The third-order valence-electron chi connectivity index (χ3n) is 3.76. The van der Waals surface area contributed by atoms with Crippen LogP contribution in [0.1, 0.15) is 31.9 Å². The molecule has 1 aliphatic rings. The first-order valence-corrected chi connectivity index (χ1v) is 7.90. The Balaban J connectivity index is 2.05. The highest BCUT2D eigenvalue weighted by Crippen LogP contribution is 2.20. The van der Waals surface area contributed by atoms with Gasteiger partial charge in [0, 0.05) is 32.0 Å². The molecule has 0 aliphatic carbocycles. The van der Waals surface area contributed by atoms with E-state index in [1.54, 1.807) is 24.4 Å². The van der Waals surface area contributed by atoms with E-state index in [2.05, 4.69) is 23.3 Å². The lowest BCUT2D eigenvalue weighted by Gasteiger charge is -2.16. The second-order valence-corrected chi connectivity index (χ2v) is 5.50. The minimum Gasteiger partial charge on any atom is -0.383 e. The molecule has 2 heterocycles. The van der Waals surface area contributed by atoms with E-state index in [1.165, 1.54) is 0 Å². The molecule has 0 atom stereocenters. The number of amides is 1. The van der Waals surface area contributed by atoms with Crippen LogP contribution in [0.4, 0.5) is 5.82 Å². The molecule has 7 heteroatoms. The smallest absolute Gasteiger partial charge is 0.248 e. The van der Waals surface area contributed by atoms with Crippen LogP contribution in [0.5, 0.6) is 0 Å². The molecule has 0 radical (unpaired) electrons. The molecule has 0 unspecified atom stereocenters. The average Bonchev–Trinajstić information content (AvgIpc) is 3.09. The molecule has 124 valence electrons. The van der Waals surface area contributed by atoms with Gasteiger partial charge in [0.25, 0.3) is 0 Å². The zero-order valence-electron chi connectivity index (χ0n) is 13.7. The van der Waals surface area contributed by atoms with Crippen molar-refractivity contribution in [2.24, 2.45) is 0 Å². The molecule has 0 bridgehead atoms. The fourth-order valence-corrected chi connectivity index (χ4v) is 2.48. The molecule has 0 aromatic carbocycles. The van der Waals surface area contributed by atoms with Crippen molar-refractivity contribution in [2.75, 3.05) is 32.1 Å². The van der Waals surface area contributed by atoms with Crippen molar-refractivity contribution in [3.8, 4) is 6.07 Å². The molecule has 0 saturated carbocycles. The molecule has 1 aliphatic heterocycles. The Bertz CT molecular complexity index is 614. The van der Waals surface area contributed by atoms with Gasteiger partial charge in [0.1, 0.15) is 11.9 Å². The van der Waals surface area contributed by atoms with E-state index in [-0.39, 0.29) is 5.91 Å². The van der Waals surface area contributed by atoms with Gasteiger partial charge >= 0.3 is 0 Å². The number of nitrogens with zero attached hydrogens (tertiary/aromatic N) is 4. The number of carbonyl (C=O) groups excluding carboxylic acids is 1. The molecule has 7 nitrogen and oxygen atoms in total. The highest BCUT2D eigenvalue weighted by molar-refractivity contribution is 5.92. The van der Waals surface area contributed by atoms with Gasteiger partial charge in [0.05, 0.1) is 19.5 Å². The van der Waals surface area contributed by atoms with Crippen molar-refractivity contribution < 1.29 is 9.53 Å². The molecule has 1 N–H and O–H groups in total. The molecule has 2 rings (SSSR count). The van der Waals surface area contributed by atoms with Crippen LogP contribution in [0.15, 0.2) is 18.1 Å². The Labute approximate surface area is 136 Å². The van der Waals surface area contributed by atoms with E-state index in [4.69, 9.17) is 4.74 Å². The standard InChI is InChI=1S/C16H23N5O2/c1-3-4-5-6-21-12-18-14(10-17)16(21)19-13-9-15(22)20(11-13)7-8-23-2/h9,12,19H,3-8,11H2,1-2H3. The zero-order valence-corrected chi connectivity index (χ0v) is 13.7. The first-order valence-electron chi connectivity index (χ1n) is 7.90. The fourth-order valence-electron chi connectivity index (χ4n) is 2.48. The number of anilines is 1. The zero-order chi connectivity index (χ0) is 16.7. The number of hydrogen-bond acceptors (Lipinski definition) is 5. The van der Waals surface area contributed by atoms with E-state index >= 15 is 0 Å². The van der Waals surface area contributed by atoms with Crippen LogP contribution in [0, 0.1) is 11.3 Å². The summed E-state index contributed by atoms with van der Waals surface area (Å²) in [7, 11) is 1.61. The van der Waals surface area contributed by atoms with E-state index < -0.39 is 0 Å². The van der Waals surface area contributed by atoms with Crippen LogP contribution in [-0.4, -0.2) is 47.2 Å². The van der Waals surface area contributed by atoms with Gasteiger partial charge < -0.3 is 19.5 Å². The van der Waals surface area contributed by atoms with Gasteiger partial charge in [-0.05, 0) is 6.42 Å². The van der Waals surface area contributed by atoms with Gasteiger partial charge in [-0.25, -0.2) is 4.98 Å². The Kier molecular flexibility index (Phi) is 6.18.